The predicted molar refractivity (Wildman–Crippen MR) is 139 cm³/mol. The number of phenols is 2. The normalized spacial score (nSPS) is 21.1. The molecule has 1 spiro atoms. The van der Waals surface area contributed by atoms with Gasteiger partial charge in [0, 0.05) is 12.0 Å². The molecule has 1 fully saturated rings. The maximum absolute atomic E-state index is 10.4. The van der Waals surface area contributed by atoms with Crippen molar-refractivity contribution in [3.05, 3.63) is 94.1 Å². The fourth-order valence-electron chi connectivity index (χ4n) is 6.39. The van der Waals surface area contributed by atoms with Gasteiger partial charge in [-0.1, -0.05) is 30.7 Å². The van der Waals surface area contributed by atoms with E-state index in [0.717, 1.165) is 36.3 Å². The quantitative estimate of drug-likeness (QED) is 0.487. The first-order chi connectivity index (χ1) is 17.0. The molecule has 3 aromatic carbocycles. The molecule has 0 saturated carbocycles. The first-order valence-electron chi connectivity index (χ1n) is 12.9. The maximum Gasteiger partial charge on any atom is 0.119 e. The van der Waals surface area contributed by atoms with Crippen LogP contribution in [0.5, 0.6) is 17.2 Å². The molecule has 4 heteroatoms. The van der Waals surface area contributed by atoms with Gasteiger partial charge in [0.1, 0.15) is 23.9 Å². The van der Waals surface area contributed by atoms with Gasteiger partial charge in [-0.05, 0) is 121 Å². The Morgan fingerprint density at radius 2 is 1.63 bits per heavy atom. The molecule has 0 bridgehead atoms. The van der Waals surface area contributed by atoms with Crippen molar-refractivity contribution in [2.24, 2.45) is 0 Å². The molecule has 2 N–H and O–H groups in total. The van der Waals surface area contributed by atoms with Crippen molar-refractivity contribution < 1.29 is 14.9 Å². The van der Waals surface area contributed by atoms with E-state index in [9.17, 15) is 10.2 Å². The number of ether oxygens (including phenoxy) is 1. The highest BCUT2D eigenvalue weighted by atomic mass is 16.5. The largest absolute Gasteiger partial charge is 0.508 e. The van der Waals surface area contributed by atoms with Crippen molar-refractivity contribution >= 4 is 5.57 Å². The Balaban J connectivity index is 1.31. The number of fused-ring (bicyclic) bond motifs is 4. The van der Waals surface area contributed by atoms with Gasteiger partial charge in [0.05, 0.1) is 0 Å². The van der Waals surface area contributed by atoms with Crippen LogP contribution in [0.3, 0.4) is 0 Å². The molecule has 0 amide bonds. The second-order valence-corrected chi connectivity index (χ2v) is 10.3. The number of aromatic hydroxyl groups is 2. The number of hydrogen-bond donors (Lipinski definition) is 2. The summed E-state index contributed by atoms with van der Waals surface area (Å²) in [7, 11) is 0. The van der Waals surface area contributed by atoms with Crippen LogP contribution in [-0.4, -0.2) is 41.4 Å². The zero-order valence-electron chi connectivity index (χ0n) is 20.4. The Bertz CT molecular complexity index is 1300. The highest BCUT2D eigenvalue weighted by Crippen LogP contribution is 2.55. The van der Waals surface area contributed by atoms with Gasteiger partial charge >= 0.3 is 0 Å². The Kier molecular flexibility index (Phi) is 5.57. The summed E-state index contributed by atoms with van der Waals surface area (Å²) in [5, 5.41) is 20.4. The molecule has 1 aliphatic heterocycles. The molecule has 0 aromatic heterocycles. The van der Waals surface area contributed by atoms with Crippen molar-refractivity contribution in [2.75, 3.05) is 26.2 Å². The van der Waals surface area contributed by atoms with Crippen LogP contribution in [0.2, 0.25) is 0 Å². The zero-order chi connectivity index (χ0) is 24.0. The summed E-state index contributed by atoms with van der Waals surface area (Å²) in [5.74, 6) is 1.51. The van der Waals surface area contributed by atoms with E-state index in [0.29, 0.717) is 12.4 Å². The number of hydrogen-bond acceptors (Lipinski definition) is 4. The Hall–Kier alpha value is -3.24. The van der Waals surface area contributed by atoms with E-state index in [2.05, 4.69) is 48.2 Å². The second kappa shape index (κ2) is 8.76. The summed E-state index contributed by atoms with van der Waals surface area (Å²) >= 11 is 0. The molecule has 1 unspecified atom stereocenters. The molecule has 180 valence electrons. The van der Waals surface area contributed by atoms with E-state index in [1.807, 2.05) is 12.1 Å². The molecule has 3 aromatic rings. The molecule has 6 rings (SSSR count). The molecule has 35 heavy (non-hydrogen) atoms. The zero-order valence-corrected chi connectivity index (χ0v) is 20.4. The van der Waals surface area contributed by atoms with Crippen LogP contribution in [0.1, 0.15) is 59.1 Å². The number of benzene rings is 3. The van der Waals surface area contributed by atoms with Crippen LogP contribution in [0.15, 0.2) is 60.7 Å². The van der Waals surface area contributed by atoms with Gasteiger partial charge in [-0.3, -0.25) is 4.90 Å². The van der Waals surface area contributed by atoms with Gasteiger partial charge in [0.25, 0.3) is 0 Å². The van der Waals surface area contributed by atoms with Gasteiger partial charge in [0.2, 0.25) is 0 Å². The van der Waals surface area contributed by atoms with E-state index in [1.54, 1.807) is 12.1 Å². The van der Waals surface area contributed by atoms with Crippen LogP contribution in [-0.2, 0) is 11.8 Å². The third kappa shape index (κ3) is 3.90. The van der Waals surface area contributed by atoms with Gasteiger partial charge < -0.3 is 14.9 Å². The van der Waals surface area contributed by atoms with Crippen molar-refractivity contribution in [1.82, 2.24) is 4.90 Å². The highest BCUT2D eigenvalue weighted by Gasteiger charge is 2.44. The lowest BCUT2D eigenvalue weighted by Gasteiger charge is -2.26. The Morgan fingerprint density at radius 3 is 2.43 bits per heavy atom. The molecule has 2 aliphatic carbocycles. The molecular formula is C31H33NO3. The molecule has 4 nitrogen and oxygen atoms in total. The summed E-state index contributed by atoms with van der Waals surface area (Å²) in [6.07, 6.45) is 8.23. The van der Waals surface area contributed by atoms with Crippen LogP contribution >= 0.6 is 0 Å². The van der Waals surface area contributed by atoms with Crippen LogP contribution in [0.4, 0.5) is 0 Å². The molecule has 1 atom stereocenters. The second-order valence-electron chi connectivity index (χ2n) is 10.3. The minimum Gasteiger partial charge on any atom is -0.508 e. The number of allylic oxidation sites excluding steroid dienone is 1. The molecule has 1 saturated heterocycles. The lowest BCUT2D eigenvalue weighted by atomic mass is 9.77. The number of rotatable bonds is 5. The fourth-order valence-corrected chi connectivity index (χ4v) is 6.39. The Morgan fingerprint density at radius 1 is 0.857 bits per heavy atom. The van der Waals surface area contributed by atoms with Gasteiger partial charge in [-0.25, -0.2) is 0 Å². The number of nitrogens with zero attached hydrogens (tertiary/aromatic N) is 1. The lowest BCUT2D eigenvalue weighted by molar-refractivity contribution is 0.183. The van der Waals surface area contributed by atoms with Gasteiger partial charge in [-0.2, -0.15) is 0 Å². The SMILES string of the molecule is Cc1cc(OCCN2CCCCC2)ccc1C1=CC2(CCc3cc(O)ccc32)c2ccc(O)cc21. The van der Waals surface area contributed by atoms with E-state index in [-0.39, 0.29) is 11.2 Å². The molecule has 0 radical (unpaired) electrons. The van der Waals surface area contributed by atoms with E-state index < -0.39 is 0 Å². The maximum atomic E-state index is 10.4. The number of likely N-dealkylation sites (tertiary alicyclic amines) is 1. The van der Waals surface area contributed by atoms with Gasteiger partial charge in [0.15, 0.2) is 0 Å². The van der Waals surface area contributed by atoms with Crippen LogP contribution in [0.25, 0.3) is 5.57 Å². The standard InChI is InChI=1S/C31H33NO3/c1-21-17-25(35-16-15-32-13-3-2-4-14-32)7-8-26(21)28-20-31(30-10-6-24(34)19-27(28)30)12-11-22-18-23(33)5-9-29(22)31/h5-10,17-20,33-34H,2-4,11-16H2,1H3. The molecule has 1 heterocycles. The molecular weight excluding hydrogens is 434 g/mol. The average Bonchev–Trinajstić information content (AvgIpc) is 3.37. The average molecular weight is 468 g/mol. The topological polar surface area (TPSA) is 52.9 Å². The smallest absolute Gasteiger partial charge is 0.119 e. The summed E-state index contributed by atoms with van der Waals surface area (Å²) in [6, 6.07) is 17.9. The van der Waals surface area contributed by atoms with E-state index >= 15 is 0 Å². The number of aryl methyl sites for hydroxylation is 2. The highest BCUT2D eigenvalue weighted by molar-refractivity contribution is 5.90. The van der Waals surface area contributed by atoms with Crippen molar-refractivity contribution in [3.63, 3.8) is 0 Å². The Labute approximate surface area is 207 Å². The summed E-state index contributed by atoms with van der Waals surface area (Å²) < 4.78 is 6.12. The lowest BCUT2D eigenvalue weighted by Crippen LogP contribution is -2.33. The molecule has 3 aliphatic rings. The van der Waals surface area contributed by atoms with E-state index in [4.69, 9.17) is 4.74 Å². The fraction of sp³-hybridized carbons (Fsp3) is 0.355. The van der Waals surface area contributed by atoms with Crippen molar-refractivity contribution in [1.29, 1.82) is 0 Å². The van der Waals surface area contributed by atoms with Gasteiger partial charge in [-0.15, -0.1) is 0 Å². The first kappa shape index (κ1) is 22.2. The third-order valence-corrected chi connectivity index (χ3v) is 8.14. The first-order valence-corrected chi connectivity index (χ1v) is 12.9. The van der Waals surface area contributed by atoms with Crippen LogP contribution in [0, 0.1) is 6.92 Å². The monoisotopic (exact) mass is 467 g/mol. The third-order valence-electron chi connectivity index (χ3n) is 8.14. The minimum absolute atomic E-state index is 0.225. The van der Waals surface area contributed by atoms with Crippen molar-refractivity contribution in [3.8, 4) is 17.2 Å². The minimum atomic E-state index is -0.225. The summed E-state index contributed by atoms with van der Waals surface area (Å²) in [6.45, 7) is 6.21. The predicted octanol–water partition coefficient (Wildman–Crippen LogP) is 5.95. The van der Waals surface area contributed by atoms with Crippen LogP contribution < -0.4 is 4.74 Å². The van der Waals surface area contributed by atoms with E-state index in [1.165, 1.54) is 60.2 Å². The summed E-state index contributed by atoms with van der Waals surface area (Å²) in [4.78, 5) is 2.50. The number of piperidine rings is 1. The summed E-state index contributed by atoms with van der Waals surface area (Å²) in [5.41, 5.74) is 8.06. The number of phenolic OH excluding ortho intramolecular Hbond substituents is 2. The van der Waals surface area contributed by atoms with Crippen molar-refractivity contribution in [2.45, 2.75) is 44.4 Å².